The highest BCUT2D eigenvalue weighted by atomic mass is 16.5. The summed E-state index contributed by atoms with van der Waals surface area (Å²) >= 11 is 0. The fraction of sp³-hybridized carbons (Fsp3) is 0.250. The topological polar surface area (TPSA) is 61.0 Å². The number of aromatic nitrogens is 2. The first-order valence-electron chi connectivity index (χ1n) is 3.42. The molecule has 0 aliphatic carbocycles. The Morgan fingerprint density at radius 3 is 3.00 bits per heavy atom. The van der Waals surface area contributed by atoms with Crippen LogP contribution in [0.3, 0.4) is 0 Å². The van der Waals surface area contributed by atoms with Gasteiger partial charge in [-0.1, -0.05) is 5.92 Å². The van der Waals surface area contributed by atoms with Gasteiger partial charge in [0.25, 0.3) is 0 Å². The van der Waals surface area contributed by atoms with Crippen molar-refractivity contribution in [1.29, 1.82) is 0 Å². The molecule has 1 aromatic heterocycles. The third kappa shape index (κ3) is 2.13. The van der Waals surface area contributed by atoms with Crippen molar-refractivity contribution < 1.29 is 4.74 Å². The van der Waals surface area contributed by atoms with Gasteiger partial charge in [-0.3, -0.25) is 0 Å². The molecule has 1 rings (SSSR count). The lowest BCUT2D eigenvalue weighted by Crippen LogP contribution is -2.09. The van der Waals surface area contributed by atoms with E-state index >= 15 is 0 Å². The molecule has 0 fully saturated rings. The molecule has 0 saturated heterocycles. The van der Waals surface area contributed by atoms with Gasteiger partial charge in [-0.05, 0) is 6.92 Å². The highest BCUT2D eigenvalue weighted by molar-refractivity contribution is 5.31. The van der Waals surface area contributed by atoms with Gasteiger partial charge < -0.3 is 10.5 Å². The van der Waals surface area contributed by atoms with Crippen molar-refractivity contribution in [3.8, 4) is 18.2 Å². The molecule has 62 valence electrons. The third-order valence-electron chi connectivity index (χ3n) is 1.20. The van der Waals surface area contributed by atoms with Gasteiger partial charge in [0, 0.05) is 6.07 Å². The van der Waals surface area contributed by atoms with Gasteiger partial charge in [-0.25, -0.2) is 9.97 Å². The molecular formula is C8H9N3O. The summed E-state index contributed by atoms with van der Waals surface area (Å²) in [6, 6.07) is 1.52. The Balaban J connectivity index is 2.71. The van der Waals surface area contributed by atoms with Gasteiger partial charge in [0.05, 0.1) is 0 Å². The minimum Gasteiger partial charge on any atom is -0.461 e. The lowest BCUT2D eigenvalue weighted by atomic mass is 10.4. The monoisotopic (exact) mass is 163 g/mol. The number of rotatable bonds is 2. The minimum absolute atomic E-state index is 0.306. The van der Waals surface area contributed by atoms with Gasteiger partial charge in [-0.15, -0.1) is 6.42 Å². The zero-order valence-electron chi connectivity index (χ0n) is 6.69. The molecule has 1 aromatic rings. The van der Waals surface area contributed by atoms with Crippen LogP contribution < -0.4 is 10.5 Å². The van der Waals surface area contributed by atoms with Crippen LogP contribution in [0, 0.1) is 12.3 Å². The van der Waals surface area contributed by atoms with E-state index in [9.17, 15) is 0 Å². The number of nitrogen functional groups attached to an aromatic ring is 1. The summed E-state index contributed by atoms with van der Waals surface area (Å²) in [6.07, 6.45) is 6.13. The van der Waals surface area contributed by atoms with E-state index in [0.29, 0.717) is 11.7 Å². The van der Waals surface area contributed by atoms with Crippen LogP contribution in [0.1, 0.15) is 6.92 Å². The highest BCUT2D eigenvalue weighted by Crippen LogP contribution is 2.09. The van der Waals surface area contributed by atoms with Crippen LogP contribution in [0.5, 0.6) is 5.88 Å². The first kappa shape index (κ1) is 8.34. The second-order valence-electron chi connectivity index (χ2n) is 2.21. The average Bonchev–Trinajstić information content (AvgIpc) is 2.04. The summed E-state index contributed by atoms with van der Waals surface area (Å²) in [6.45, 7) is 1.75. The largest absolute Gasteiger partial charge is 0.461 e. The number of nitrogens with two attached hydrogens (primary N) is 1. The molecule has 1 heterocycles. The van der Waals surface area contributed by atoms with E-state index in [0.717, 1.165) is 0 Å². The van der Waals surface area contributed by atoms with Crippen molar-refractivity contribution in [3.63, 3.8) is 0 Å². The van der Waals surface area contributed by atoms with E-state index in [1.54, 1.807) is 6.92 Å². The zero-order chi connectivity index (χ0) is 8.97. The summed E-state index contributed by atoms with van der Waals surface area (Å²) in [7, 11) is 0. The van der Waals surface area contributed by atoms with Gasteiger partial charge >= 0.3 is 0 Å². The molecule has 0 aliphatic rings. The van der Waals surface area contributed by atoms with Gasteiger partial charge in [0.1, 0.15) is 12.1 Å². The van der Waals surface area contributed by atoms with Crippen molar-refractivity contribution in [3.05, 3.63) is 12.4 Å². The Hall–Kier alpha value is -1.76. The van der Waals surface area contributed by atoms with E-state index in [1.165, 1.54) is 12.4 Å². The first-order valence-corrected chi connectivity index (χ1v) is 3.42. The maximum Gasteiger partial charge on any atom is 0.219 e. The average molecular weight is 163 g/mol. The molecule has 4 nitrogen and oxygen atoms in total. The third-order valence-corrected chi connectivity index (χ3v) is 1.20. The Kier molecular flexibility index (Phi) is 2.49. The standard InChI is InChI=1S/C8H9N3O/c1-3-6(2)12-8-4-7(9)10-5-11-8/h1,4-6H,2H3,(H2,9,10,11). The molecule has 0 aromatic carbocycles. The molecular weight excluding hydrogens is 154 g/mol. The number of hydrogen-bond acceptors (Lipinski definition) is 4. The van der Waals surface area contributed by atoms with Crippen LogP contribution in [0.15, 0.2) is 12.4 Å². The van der Waals surface area contributed by atoms with Gasteiger partial charge in [0.15, 0.2) is 6.10 Å². The van der Waals surface area contributed by atoms with Gasteiger partial charge in [0.2, 0.25) is 5.88 Å². The van der Waals surface area contributed by atoms with Crippen LogP contribution in [0.2, 0.25) is 0 Å². The SMILES string of the molecule is C#CC(C)Oc1cc(N)ncn1. The zero-order valence-corrected chi connectivity index (χ0v) is 6.69. The van der Waals surface area contributed by atoms with Crippen LogP contribution in [0.4, 0.5) is 5.82 Å². The Morgan fingerprint density at radius 1 is 1.67 bits per heavy atom. The molecule has 0 amide bonds. The summed E-state index contributed by atoms with van der Waals surface area (Å²) in [5, 5.41) is 0. The number of terminal acetylenes is 1. The molecule has 0 saturated carbocycles. The molecule has 12 heavy (non-hydrogen) atoms. The maximum absolute atomic E-state index is 5.39. The quantitative estimate of drug-likeness (QED) is 0.643. The van der Waals surface area contributed by atoms with Crippen LogP contribution in [0.25, 0.3) is 0 Å². The number of hydrogen-bond donors (Lipinski definition) is 1. The minimum atomic E-state index is -0.306. The van der Waals surface area contributed by atoms with Crippen molar-refractivity contribution in [1.82, 2.24) is 9.97 Å². The fourth-order valence-electron chi connectivity index (χ4n) is 0.633. The van der Waals surface area contributed by atoms with Crippen molar-refractivity contribution in [2.24, 2.45) is 0 Å². The number of ether oxygens (including phenoxy) is 1. The van der Waals surface area contributed by atoms with Gasteiger partial charge in [-0.2, -0.15) is 0 Å². The van der Waals surface area contributed by atoms with E-state index in [2.05, 4.69) is 15.9 Å². The normalized spacial score (nSPS) is 11.7. The Morgan fingerprint density at radius 2 is 2.42 bits per heavy atom. The molecule has 0 aliphatic heterocycles. The fourth-order valence-corrected chi connectivity index (χ4v) is 0.633. The summed E-state index contributed by atoms with van der Waals surface area (Å²) in [4.78, 5) is 7.53. The van der Waals surface area contributed by atoms with Crippen molar-refractivity contribution in [2.45, 2.75) is 13.0 Å². The molecule has 2 N–H and O–H groups in total. The molecule has 1 atom stereocenters. The second-order valence-corrected chi connectivity index (χ2v) is 2.21. The molecule has 4 heteroatoms. The Labute approximate surface area is 70.8 Å². The highest BCUT2D eigenvalue weighted by Gasteiger charge is 2.00. The number of anilines is 1. The maximum atomic E-state index is 5.39. The summed E-state index contributed by atoms with van der Waals surface area (Å²) < 4.78 is 5.18. The van der Waals surface area contributed by atoms with Crippen molar-refractivity contribution >= 4 is 5.82 Å². The predicted octanol–water partition coefficient (Wildman–Crippen LogP) is 0.459. The predicted molar refractivity (Wildman–Crippen MR) is 45.4 cm³/mol. The smallest absolute Gasteiger partial charge is 0.219 e. The molecule has 0 bridgehead atoms. The molecule has 0 radical (unpaired) electrons. The molecule has 0 spiro atoms. The van der Waals surface area contributed by atoms with E-state index < -0.39 is 0 Å². The lowest BCUT2D eigenvalue weighted by Gasteiger charge is -2.06. The van der Waals surface area contributed by atoms with Crippen molar-refractivity contribution in [2.75, 3.05) is 5.73 Å². The Bertz CT molecular complexity index is 305. The lowest BCUT2D eigenvalue weighted by molar-refractivity contribution is 0.267. The van der Waals surface area contributed by atoms with E-state index in [-0.39, 0.29) is 6.10 Å². The van der Waals surface area contributed by atoms with E-state index in [4.69, 9.17) is 16.9 Å². The van der Waals surface area contributed by atoms with Crippen LogP contribution in [-0.2, 0) is 0 Å². The first-order chi connectivity index (χ1) is 5.72. The number of nitrogens with zero attached hydrogens (tertiary/aromatic N) is 2. The van der Waals surface area contributed by atoms with Crippen LogP contribution in [-0.4, -0.2) is 16.1 Å². The second kappa shape index (κ2) is 3.58. The van der Waals surface area contributed by atoms with Crippen LogP contribution >= 0.6 is 0 Å². The van der Waals surface area contributed by atoms with E-state index in [1.807, 2.05) is 0 Å². The summed E-state index contributed by atoms with van der Waals surface area (Å²) in [5.41, 5.74) is 5.39. The summed E-state index contributed by atoms with van der Waals surface area (Å²) in [5.74, 6) is 3.17. The molecule has 1 unspecified atom stereocenters.